The van der Waals surface area contributed by atoms with Gasteiger partial charge in [-0.3, -0.25) is 9.59 Å². The summed E-state index contributed by atoms with van der Waals surface area (Å²) in [5, 5.41) is 3.27. The fourth-order valence-corrected chi connectivity index (χ4v) is 2.92. The molecule has 2 unspecified atom stereocenters. The molecule has 0 spiro atoms. The standard InChI is InChI=1S/C14H26N4O2/c1-11-8-15-9-12(11)14(20)18-6-4-17(5-7-18)13(19)10-16(2)3/h11-12,15H,4-10H2,1-3H3. The van der Waals surface area contributed by atoms with E-state index in [2.05, 4.69) is 12.2 Å². The van der Waals surface area contributed by atoms with E-state index in [0.29, 0.717) is 38.6 Å². The van der Waals surface area contributed by atoms with Gasteiger partial charge in [-0.05, 0) is 26.6 Å². The molecule has 2 amide bonds. The Balaban J connectivity index is 1.82. The first-order valence-electron chi connectivity index (χ1n) is 7.41. The van der Waals surface area contributed by atoms with Gasteiger partial charge in [-0.2, -0.15) is 0 Å². The van der Waals surface area contributed by atoms with Crippen molar-refractivity contribution in [2.24, 2.45) is 11.8 Å². The minimum Gasteiger partial charge on any atom is -0.339 e. The van der Waals surface area contributed by atoms with Crippen LogP contribution in [0.4, 0.5) is 0 Å². The molecule has 0 aromatic heterocycles. The van der Waals surface area contributed by atoms with Crippen LogP contribution in [0.5, 0.6) is 0 Å². The minimum atomic E-state index is 0.110. The van der Waals surface area contributed by atoms with Crippen LogP contribution >= 0.6 is 0 Å². The third kappa shape index (κ3) is 3.49. The highest BCUT2D eigenvalue weighted by atomic mass is 16.2. The van der Waals surface area contributed by atoms with Crippen molar-refractivity contribution in [2.45, 2.75) is 6.92 Å². The molecule has 2 saturated heterocycles. The van der Waals surface area contributed by atoms with Gasteiger partial charge >= 0.3 is 0 Å². The Morgan fingerprint density at radius 2 is 1.70 bits per heavy atom. The summed E-state index contributed by atoms with van der Waals surface area (Å²) < 4.78 is 0. The van der Waals surface area contributed by atoms with Crippen LogP contribution in [0.25, 0.3) is 0 Å². The molecule has 2 aliphatic rings. The van der Waals surface area contributed by atoms with Gasteiger partial charge in [-0.25, -0.2) is 0 Å². The number of carbonyl (C=O) groups is 2. The molecule has 0 bridgehead atoms. The monoisotopic (exact) mass is 282 g/mol. The Morgan fingerprint density at radius 1 is 1.10 bits per heavy atom. The van der Waals surface area contributed by atoms with E-state index in [9.17, 15) is 9.59 Å². The van der Waals surface area contributed by atoms with Crippen molar-refractivity contribution in [3.8, 4) is 0 Å². The van der Waals surface area contributed by atoms with E-state index < -0.39 is 0 Å². The predicted molar refractivity (Wildman–Crippen MR) is 77.2 cm³/mol. The molecule has 2 heterocycles. The second kappa shape index (κ2) is 6.54. The predicted octanol–water partition coefficient (Wildman–Crippen LogP) is -0.926. The lowest BCUT2D eigenvalue weighted by Gasteiger charge is -2.36. The van der Waals surface area contributed by atoms with Crippen molar-refractivity contribution >= 4 is 11.8 Å². The van der Waals surface area contributed by atoms with Crippen LogP contribution < -0.4 is 5.32 Å². The Labute approximate surface area is 121 Å². The Morgan fingerprint density at radius 3 is 2.20 bits per heavy atom. The quantitative estimate of drug-likeness (QED) is 0.727. The number of rotatable bonds is 3. The lowest BCUT2D eigenvalue weighted by Crippen LogP contribution is -2.53. The van der Waals surface area contributed by atoms with E-state index in [4.69, 9.17) is 0 Å². The van der Waals surface area contributed by atoms with E-state index in [1.54, 1.807) is 0 Å². The topological polar surface area (TPSA) is 55.9 Å². The first-order valence-corrected chi connectivity index (χ1v) is 7.41. The summed E-state index contributed by atoms with van der Waals surface area (Å²) >= 11 is 0. The van der Waals surface area contributed by atoms with Gasteiger partial charge in [0.05, 0.1) is 12.5 Å². The molecule has 20 heavy (non-hydrogen) atoms. The van der Waals surface area contributed by atoms with Crippen molar-refractivity contribution in [1.82, 2.24) is 20.0 Å². The number of hydrogen-bond donors (Lipinski definition) is 1. The highest BCUT2D eigenvalue weighted by Gasteiger charge is 2.34. The summed E-state index contributed by atoms with van der Waals surface area (Å²) in [6, 6.07) is 0. The maximum atomic E-state index is 12.4. The summed E-state index contributed by atoms with van der Waals surface area (Å²) in [4.78, 5) is 30.1. The van der Waals surface area contributed by atoms with Crippen molar-refractivity contribution in [2.75, 3.05) is 59.9 Å². The molecule has 6 nitrogen and oxygen atoms in total. The highest BCUT2D eigenvalue weighted by Crippen LogP contribution is 2.19. The molecule has 0 aromatic rings. The average molecular weight is 282 g/mol. The van der Waals surface area contributed by atoms with Crippen LogP contribution in [0.2, 0.25) is 0 Å². The van der Waals surface area contributed by atoms with Crippen LogP contribution in [-0.4, -0.2) is 86.4 Å². The second-order valence-corrected chi connectivity index (χ2v) is 6.19. The number of hydrogen-bond acceptors (Lipinski definition) is 4. The first-order chi connectivity index (χ1) is 9.49. The van der Waals surface area contributed by atoms with Crippen LogP contribution in [0, 0.1) is 11.8 Å². The SMILES string of the molecule is CC1CNCC1C(=O)N1CCN(C(=O)CN(C)C)CC1. The van der Waals surface area contributed by atoms with Gasteiger partial charge in [0, 0.05) is 32.7 Å². The highest BCUT2D eigenvalue weighted by molar-refractivity contribution is 5.81. The lowest BCUT2D eigenvalue weighted by molar-refractivity contribution is -0.142. The summed E-state index contributed by atoms with van der Waals surface area (Å²) in [5.41, 5.74) is 0. The second-order valence-electron chi connectivity index (χ2n) is 6.19. The molecule has 1 N–H and O–H groups in total. The molecule has 6 heteroatoms. The summed E-state index contributed by atoms with van der Waals surface area (Å²) in [6.07, 6.45) is 0. The molecule has 0 saturated carbocycles. The van der Waals surface area contributed by atoms with Crippen molar-refractivity contribution in [1.29, 1.82) is 0 Å². The molecule has 2 rings (SSSR count). The van der Waals surface area contributed by atoms with Gasteiger partial charge in [0.2, 0.25) is 11.8 Å². The first kappa shape index (κ1) is 15.3. The molecular formula is C14H26N4O2. The van der Waals surface area contributed by atoms with Crippen molar-refractivity contribution < 1.29 is 9.59 Å². The molecule has 0 aliphatic carbocycles. The maximum absolute atomic E-state index is 12.4. The normalized spacial score (nSPS) is 27.2. The summed E-state index contributed by atoms with van der Waals surface area (Å²) in [6.45, 7) is 6.94. The maximum Gasteiger partial charge on any atom is 0.236 e. The van der Waals surface area contributed by atoms with Crippen molar-refractivity contribution in [3.05, 3.63) is 0 Å². The Kier molecular flexibility index (Phi) is 4.99. The van der Waals surface area contributed by atoms with Gasteiger partial charge < -0.3 is 20.0 Å². The molecule has 2 atom stereocenters. The number of amides is 2. The third-order valence-corrected chi connectivity index (χ3v) is 4.23. The fraction of sp³-hybridized carbons (Fsp3) is 0.857. The van der Waals surface area contributed by atoms with E-state index in [1.165, 1.54) is 0 Å². The summed E-state index contributed by atoms with van der Waals surface area (Å²) in [7, 11) is 3.79. The minimum absolute atomic E-state index is 0.110. The van der Waals surface area contributed by atoms with E-state index in [1.807, 2.05) is 28.8 Å². The van der Waals surface area contributed by atoms with E-state index >= 15 is 0 Å². The smallest absolute Gasteiger partial charge is 0.236 e. The molecule has 114 valence electrons. The van der Waals surface area contributed by atoms with Crippen LogP contribution in [-0.2, 0) is 9.59 Å². The van der Waals surface area contributed by atoms with Gasteiger partial charge in [-0.15, -0.1) is 0 Å². The number of nitrogens with zero attached hydrogens (tertiary/aromatic N) is 3. The molecule has 0 aromatic carbocycles. The van der Waals surface area contributed by atoms with Crippen molar-refractivity contribution in [3.63, 3.8) is 0 Å². The van der Waals surface area contributed by atoms with Crippen LogP contribution in [0.15, 0.2) is 0 Å². The van der Waals surface area contributed by atoms with Gasteiger partial charge in [-0.1, -0.05) is 6.92 Å². The third-order valence-electron chi connectivity index (χ3n) is 4.23. The number of nitrogens with one attached hydrogen (secondary N) is 1. The molecular weight excluding hydrogens is 256 g/mol. The zero-order valence-corrected chi connectivity index (χ0v) is 12.8. The van der Waals surface area contributed by atoms with Gasteiger partial charge in [0.25, 0.3) is 0 Å². The van der Waals surface area contributed by atoms with Crippen LogP contribution in [0.3, 0.4) is 0 Å². The molecule has 0 radical (unpaired) electrons. The summed E-state index contributed by atoms with van der Waals surface area (Å²) in [5.74, 6) is 0.926. The molecule has 2 aliphatic heterocycles. The Hall–Kier alpha value is -1.14. The Bertz CT molecular complexity index is 364. The number of carbonyl (C=O) groups excluding carboxylic acids is 2. The molecule has 2 fully saturated rings. The number of likely N-dealkylation sites (N-methyl/N-ethyl adjacent to an activating group) is 1. The van der Waals surface area contributed by atoms with Crippen LogP contribution in [0.1, 0.15) is 6.92 Å². The zero-order chi connectivity index (χ0) is 14.7. The lowest BCUT2D eigenvalue weighted by atomic mass is 9.96. The largest absolute Gasteiger partial charge is 0.339 e. The number of piperazine rings is 1. The van der Waals surface area contributed by atoms with Gasteiger partial charge in [0.1, 0.15) is 0 Å². The van der Waals surface area contributed by atoms with Gasteiger partial charge in [0.15, 0.2) is 0 Å². The van der Waals surface area contributed by atoms with E-state index in [-0.39, 0.29) is 17.7 Å². The van der Waals surface area contributed by atoms with E-state index in [0.717, 1.165) is 13.1 Å². The fourth-order valence-electron chi connectivity index (χ4n) is 2.92. The zero-order valence-electron chi connectivity index (χ0n) is 12.8. The average Bonchev–Trinajstić information content (AvgIpc) is 2.83.